The number of benzene rings is 1. The zero-order chi connectivity index (χ0) is 14.8. The van der Waals surface area contributed by atoms with Crippen LogP contribution in [0.4, 0.5) is 0 Å². The summed E-state index contributed by atoms with van der Waals surface area (Å²) >= 11 is 6.09. The number of amides is 1. The summed E-state index contributed by atoms with van der Waals surface area (Å²) in [6.45, 7) is 1.92. The number of hydrogen-bond donors (Lipinski definition) is 1. The van der Waals surface area contributed by atoms with Crippen LogP contribution >= 0.6 is 11.6 Å². The van der Waals surface area contributed by atoms with Crippen LogP contribution in [0.3, 0.4) is 0 Å². The molecule has 1 aromatic heterocycles. The van der Waals surface area contributed by atoms with E-state index >= 15 is 0 Å². The van der Waals surface area contributed by atoms with Crippen LogP contribution in [-0.4, -0.2) is 18.9 Å². The number of hydrazone groups is 1. The minimum Gasteiger partial charge on any atom is -0.456 e. The highest BCUT2D eigenvalue weighted by atomic mass is 35.5. The van der Waals surface area contributed by atoms with Crippen molar-refractivity contribution in [3.05, 3.63) is 46.4 Å². The number of hydrogen-bond acceptors (Lipinski definition) is 5. The van der Waals surface area contributed by atoms with Gasteiger partial charge in [0.25, 0.3) is 0 Å². The fraction of sp³-hybridized carbons (Fsp3) is 0.143. The molecule has 1 aromatic carbocycles. The van der Waals surface area contributed by atoms with E-state index in [-0.39, 0.29) is 12.6 Å². The number of carbonyl (C=O) groups excluding carboxylic acids is 1. The number of furan rings is 1. The molecule has 0 fully saturated rings. The molecule has 0 saturated carbocycles. The Balaban J connectivity index is 1.70. The molecule has 0 radical (unpaired) electrons. The van der Waals surface area contributed by atoms with E-state index in [1.807, 2.05) is 0 Å². The Morgan fingerprint density at radius 2 is 2.10 bits per heavy atom. The molecule has 1 amide bonds. The second kappa shape index (κ2) is 5.49. The van der Waals surface area contributed by atoms with Gasteiger partial charge in [0.2, 0.25) is 6.79 Å². The van der Waals surface area contributed by atoms with Gasteiger partial charge in [-0.25, -0.2) is 5.43 Å². The lowest BCUT2D eigenvalue weighted by atomic mass is 10.2. The Labute approximate surface area is 125 Å². The molecule has 21 heavy (non-hydrogen) atoms. The molecule has 0 unspecified atom stereocenters. The molecule has 1 aliphatic rings. The van der Waals surface area contributed by atoms with Gasteiger partial charge >= 0.3 is 5.91 Å². The largest absolute Gasteiger partial charge is 0.456 e. The van der Waals surface area contributed by atoms with E-state index in [1.165, 1.54) is 6.21 Å². The van der Waals surface area contributed by atoms with Crippen LogP contribution < -0.4 is 14.9 Å². The number of ether oxygens (including phenoxy) is 2. The van der Waals surface area contributed by atoms with E-state index in [1.54, 1.807) is 31.2 Å². The number of nitrogens with one attached hydrogen (secondary N) is 1. The number of fused-ring (bicyclic) bond motifs is 1. The second-order valence-corrected chi connectivity index (χ2v) is 4.74. The standard InChI is InChI=1S/C14H11ClN2O4/c1-8-2-3-11(21-8)14(18)17-16-6-9-4-12-13(5-10(9)15)20-7-19-12/h2-6H,7H2,1H3,(H,17,18)/b16-6+. The number of aryl methyl sites for hydroxylation is 1. The highest BCUT2D eigenvalue weighted by Gasteiger charge is 2.15. The Morgan fingerprint density at radius 1 is 1.33 bits per heavy atom. The normalized spacial score (nSPS) is 12.9. The molecule has 7 heteroatoms. The summed E-state index contributed by atoms with van der Waals surface area (Å²) in [6, 6.07) is 6.61. The highest BCUT2D eigenvalue weighted by molar-refractivity contribution is 6.33. The van der Waals surface area contributed by atoms with Gasteiger partial charge in [0.1, 0.15) is 5.76 Å². The molecular formula is C14H11ClN2O4. The van der Waals surface area contributed by atoms with Crippen LogP contribution in [0.25, 0.3) is 0 Å². The number of carbonyl (C=O) groups is 1. The second-order valence-electron chi connectivity index (χ2n) is 4.34. The van der Waals surface area contributed by atoms with Crippen molar-refractivity contribution in [2.24, 2.45) is 5.10 Å². The SMILES string of the molecule is Cc1ccc(C(=O)N/N=C/c2cc3c(cc2Cl)OCO3)o1. The van der Waals surface area contributed by atoms with Crippen LogP contribution in [0.2, 0.25) is 5.02 Å². The van der Waals surface area contributed by atoms with Crippen LogP contribution in [0.5, 0.6) is 11.5 Å². The molecule has 2 heterocycles. The lowest BCUT2D eigenvalue weighted by Crippen LogP contribution is -2.16. The fourth-order valence-electron chi connectivity index (χ4n) is 1.80. The van der Waals surface area contributed by atoms with Crippen molar-refractivity contribution in [3.8, 4) is 11.5 Å². The molecular weight excluding hydrogens is 296 g/mol. The van der Waals surface area contributed by atoms with Gasteiger partial charge in [-0.3, -0.25) is 4.79 Å². The minimum absolute atomic E-state index is 0.167. The van der Waals surface area contributed by atoms with E-state index in [2.05, 4.69) is 10.5 Å². The average molecular weight is 307 g/mol. The first-order valence-corrected chi connectivity index (χ1v) is 6.50. The molecule has 6 nitrogen and oxygen atoms in total. The van der Waals surface area contributed by atoms with E-state index in [0.29, 0.717) is 27.8 Å². The fourth-order valence-corrected chi connectivity index (χ4v) is 2.01. The molecule has 0 saturated heterocycles. The first-order valence-electron chi connectivity index (χ1n) is 6.12. The van der Waals surface area contributed by atoms with Crippen LogP contribution in [-0.2, 0) is 0 Å². The van der Waals surface area contributed by atoms with Gasteiger partial charge in [-0.15, -0.1) is 0 Å². The van der Waals surface area contributed by atoms with Crippen LogP contribution in [0, 0.1) is 6.92 Å². The molecule has 0 spiro atoms. The first kappa shape index (κ1) is 13.5. The summed E-state index contributed by atoms with van der Waals surface area (Å²) < 4.78 is 15.6. The maximum Gasteiger partial charge on any atom is 0.307 e. The van der Waals surface area contributed by atoms with Crippen LogP contribution in [0.15, 0.2) is 33.8 Å². The van der Waals surface area contributed by atoms with Gasteiger partial charge < -0.3 is 13.9 Å². The maximum absolute atomic E-state index is 11.7. The highest BCUT2D eigenvalue weighted by Crippen LogP contribution is 2.36. The molecule has 0 atom stereocenters. The van der Waals surface area contributed by atoms with Gasteiger partial charge in [0, 0.05) is 11.6 Å². The third kappa shape index (κ3) is 2.85. The molecule has 0 aliphatic carbocycles. The van der Waals surface area contributed by atoms with E-state index in [0.717, 1.165) is 0 Å². The topological polar surface area (TPSA) is 73.1 Å². The zero-order valence-corrected chi connectivity index (χ0v) is 11.8. The number of rotatable bonds is 3. The van der Waals surface area contributed by atoms with Crippen molar-refractivity contribution in [1.82, 2.24) is 5.43 Å². The molecule has 2 aromatic rings. The minimum atomic E-state index is -0.434. The van der Waals surface area contributed by atoms with Crippen molar-refractivity contribution in [2.75, 3.05) is 6.79 Å². The molecule has 1 aliphatic heterocycles. The third-order valence-corrected chi connectivity index (χ3v) is 3.15. The Bertz CT molecular complexity index is 724. The van der Waals surface area contributed by atoms with E-state index in [4.69, 9.17) is 25.5 Å². The Kier molecular flexibility index (Phi) is 3.53. The number of halogens is 1. The summed E-state index contributed by atoms with van der Waals surface area (Å²) in [5.74, 6) is 1.60. The average Bonchev–Trinajstić information content (AvgIpc) is 3.07. The van der Waals surface area contributed by atoms with Crippen molar-refractivity contribution < 1.29 is 18.7 Å². The predicted octanol–water partition coefficient (Wildman–Crippen LogP) is 2.73. The Hall–Kier alpha value is -2.47. The Morgan fingerprint density at radius 3 is 2.81 bits per heavy atom. The maximum atomic E-state index is 11.7. The van der Waals surface area contributed by atoms with Gasteiger partial charge in [-0.1, -0.05) is 11.6 Å². The number of nitrogens with zero attached hydrogens (tertiary/aromatic N) is 1. The van der Waals surface area contributed by atoms with Crippen molar-refractivity contribution in [3.63, 3.8) is 0 Å². The molecule has 1 N–H and O–H groups in total. The van der Waals surface area contributed by atoms with Gasteiger partial charge in [-0.2, -0.15) is 5.10 Å². The van der Waals surface area contributed by atoms with Crippen molar-refractivity contribution in [2.45, 2.75) is 6.92 Å². The van der Waals surface area contributed by atoms with Gasteiger partial charge in [0.05, 0.1) is 11.2 Å². The zero-order valence-electron chi connectivity index (χ0n) is 11.1. The van der Waals surface area contributed by atoms with E-state index in [9.17, 15) is 4.79 Å². The summed E-state index contributed by atoms with van der Waals surface area (Å²) in [7, 11) is 0. The lowest BCUT2D eigenvalue weighted by Gasteiger charge is -2.01. The van der Waals surface area contributed by atoms with Gasteiger partial charge in [0.15, 0.2) is 17.3 Å². The van der Waals surface area contributed by atoms with Crippen molar-refractivity contribution >= 4 is 23.7 Å². The summed E-state index contributed by atoms with van der Waals surface area (Å²) in [4.78, 5) is 11.7. The van der Waals surface area contributed by atoms with Crippen molar-refractivity contribution in [1.29, 1.82) is 0 Å². The third-order valence-electron chi connectivity index (χ3n) is 2.83. The molecule has 0 bridgehead atoms. The lowest BCUT2D eigenvalue weighted by molar-refractivity contribution is 0.0926. The summed E-state index contributed by atoms with van der Waals surface area (Å²) in [5.41, 5.74) is 2.97. The smallest absolute Gasteiger partial charge is 0.307 e. The van der Waals surface area contributed by atoms with E-state index < -0.39 is 5.91 Å². The summed E-state index contributed by atoms with van der Waals surface area (Å²) in [6.07, 6.45) is 1.43. The molecule has 108 valence electrons. The quantitative estimate of drug-likeness (QED) is 0.699. The molecule has 3 rings (SSSR count). The summed E-state index contributed by atoms with van der Waals surface area (Å²) in [5, 5.41) is 4.30. The van der Waals surface area contributed by atoms with Crippen LogP contribution in [0.1, 0.15) is 21.9 Å². The predicted molar refractivity (Wildman–Crippen MR) is 76.1 cm³/mol. The monoisotopic (exact) mass is 306 g/mol. The first-order chi connectivity index (χ1) is 10.1. The van der Waals surface area contributed by atoms with Gasteiger partial charge in [-0.05, 0) is 25.1 Å².